The molecule has 1 aliphatic rings. The maximum Gasteiger partial charge on any atom is 0.274 e. The zero-order valence-electron chi connectivity index (χ0n) is 16.2. The summed E-state index contributed by atoms with van der Waals surface area (Å²) in [5, 5.41) is 0.719. The minimum absolute atomic E-state index is 0.0228. The first kappa shape index (κ1) is 18.7. The van der Waals surface area contributed by atoms with Gasteiger partial charge in [0.15, 0.2) is 6.61 Å². The van der Waals surface area contributed by atoms with E-state index in [9.17, 15) is 4.79 Å². The lowest BCUT2D eigenvalue weighted by atomic mass is 10.1. The number of aryl methyl sites for hydroxylation is 2. The van der Waals surface area contributed by atoms with Crippen LogP contribution in [-0.2, 0) is 4.79 Å². The molecular weight excluding hydrogens is 372 g/mol. The SMILES string of the molecule is Cc1ccc(OCC(=O)N2CCC(Oc3nc4c(C)cccc4s3)CC2)cc1. The van der Waals surface area contributed by atoms with Crippen molar-refractivity contribution >= 4 is 27.5 Å². The molecule has 0 atom stereocenters. The van der Waals surface area contributed by atoms with Gasteiger partial charge in [0.2, 0.25) is 0 Å². The zero-order chi connectivity index (χ0) is 19.5. The summed E-state index contributed by atoms with van der Waals surface area (Å²) in [4.78, 5) is 18.9. The molecule has 6 heteroatoms. The Bertz CT molecular complexity index is 960. The Morgan fingerprint density at radius 2 is 1.89 bits per heavy atom. The summed E-state index contributed by atoms with van der Waals surface area (Å²) in [7, 11) is 0. The summed E-state index contributed by atoms with van der Waals surface area (Å²) < 4.78 is 12.9. The maximum absolute atomic E-state index is 12.4. The quantitative estimate of drug-likeness (QED) is 0.643. The molecule has 1 fully saturated rings. The fourth-order valence-corrected chi connectivity index (χ4v) is 4.31. The standard InChI is InChI=1S/C22H24N2O3S/c1-15-6-8-17(9-7-15)26-14-20(25)24-12-10-18(11-13-24)27-22-23-21-16(2)4-3-5-19(21)28-22/h3-9,18H,10-14H2,1-2H3. The van der Waals surface area contributed by atoms with E-state index in [4.69, 9.17) is 9.47 Å². The number of thiazole rings is 1. The number of benzene rings is 2. The Morgan fingerprint density at radius 3 is 2.61 bits per heavy atom. The molecule has 28 heavy (non-hydrogen) atoms. The third kappa shape index (κ3) is 4.28. The average molecular weight is 397 g/mol. The van der Waals surface area contributed by atoms with Gasteiger partial charge in [-0.3, -0.25) is 4.79 Å². The minimum atomic E-state index is 0.0228. The number of para-hydroxylation sites is 1. The highest BCUT2D eigenvalue weighted by Gasteiger charge is 2.25. The molecule has 0 bridgehead atoms. The largest absolute Gasteiger partial charge is 0.484 e. The Morgan fingerprint density at radius 1 is 1.14 bits per heavy atom. The molecule has 0 radical (unpaired) electrons. The van der Waals surface area contributed by atoms with E-state index in [-0.39, 0.29) is 18.6 Å². The first-order valence-electron chi connectivity index (χ1n) is 9.58. The van der Waals surface area contributed by atoms with Crippen LogP contribution < -0.4 is 9.47 Å². The Hall–Kier alpha value is -2.60. The molecular formula is C22H24N2O3S. The number of amides is 1. The van der Waals surface area contributed by atoms with Crippen molar-refractivity contribution in [1.82, 2.24) is 9.88 Å². The highest BCUT2D eigenvalue weighted by atomic mass is 32.1. The molecule has 1 aliphatic heterocycles. The van der Waals surface area contributed by atoms with Crippen LogP contribution in [0, 0.1) is 13.8 Å². The van der Waals surface area contributed by atoms with E-state index in [1.165, 1.54) is 5.56 Å². The Labute approximate surface area is 168 Å². The number of carbonyl (C=O) groups excluding carboxylic acids is 1. The molecule has 3 aromatic rings. The highest BCUT2D eigenvalue weighted by molar-refractivity contribution is 7.20. The van der Waals surface area contributed by atoms with Crippen LogP contribution in [0.4, 0.5) is 0 Å². The van der Waals surface area contributed by atoms with Crippen molar-refractivity contribution in [3.05, 3.63) is 53.6 Å². The zero-order valence-corrected chi connectivity index (χ0v) is 17.0. The fourth-order valence-electron chi connectivity index (χ4n) is 3.35. The molecule has 4 rings (SSSR count). The monoisotopic (exact) mass is 396 g/mol. The van der Waals surface area contributed by atoms with Gasteiger partial charge in [0.25, 0.3) is 11.1 Å². The van der Waals surface area contributed by atoms with Gasteiger partial charge in [-0.25, -0.2) is 4.98 Å². The summed E-state index contributed by atoms with van der Waals surface area (Å²) in [5.74, 6) is 0.748. The second-order valence-corrected chi connectivity index (χ2v) is 8.19. The number of hydrogen-bond acceptors (Lipinski definition) is 5. The van der Waals surface area contributed by atoms with Gasteiger partial charge in [0.05, 0.1) is 10.2 Å². The van der Waals surface area contributed by atoms with Gasteiger partial charge in [-0.15, -0.1) is 0 Å². The predicted octanol–water partition coefficient (Wildman–Crippen LogP) is 4.36. The molecule has 1 aromatic heterocycles. The lowest BCUT2D eigenvalue weighted by molar-refractivity contribution is -0.135. The molecule has 146 valence electrons. The van der Waals surface area contributed by atoms with Crippen LogP contribution in [0.1, 0.15) is 24.0 Å². The molecule has 5 nitrogen and oxygen atoms in total. The van der Waals surface area contributed by atoms with Crippen molar-refractivity contribution in [3.8, 4) is 10.9 Å². The maximum atomic E-state index is 12.4. The van der Waals surface area contributed by atoms with Gasteiger partial charge in [-0.1, -0.05) is 41.2 Å². The molecule has 0 unspecified atom stereocenters. The fraction of sp³-hybridized carbons (Fsp3) is 0.364. The van der Waals surface area contributed by atoms with Crippen LogP contribution in [0.25, 0.3) is 10.2 Å². The number of nitrogens with zero attached hydrogens (tertiary/aromatic N) is 2. The predicted molar refractivity (Wildman–Crippen MR) is 111 cm³/mol. The number of aromatic nitrogens is 1. The molecule has 1 amide bonds. The van der Waals surface area contributed by atoms with Gasteiger partial charge < -0.3 is 14.4 Å². The second-order valence-electron chi connectivity index (χ2n) is 7.20. The van der Waals surface area contributed by atoms with Crippen LogP contribution in [0.15, 0.2) is 42.5 Å². The number of fused-ring (bicyclic) bond motifs is 1. The topological polar surface area (TPSA) is 51.7 Å². The van der Waals surface area contributed by atoms with Gasteiger partial charge in [-0.2, -0.15) is 0 Å². The lowest BCUT2D eigenvalue weighted by Crippen LogP contribution is -2.43. The van der Waals surface area contributed by atoms with Gasteiger partial charge in [0, 0.05) is 25.9 Å². The number of carbonyl (C=O) groups is 1. The molecule has 0 aliphatic carbocycles. The summed E-state index contributed by atoms with van der Waals surface area (Å²) in [6.45, 7) is 5.53. The molecule has 0 saturated carbocycles. The van der Waals surface area contributed by atoms with E-state index < -0.39 is 0 Å². The lowest BCUT2D eigenvalue weighted by Gasteiger charge is -2.31. The highest BCUT2D eigenvalue weighted by Crippen LogP contribution is 2.31. The normalized spacial score (nSPS) is 15.0. The number of ether oxygens (including phenoxy) is 2. The molecule has 2 aromatic carbocycles. The van der Waals surface area contributed by atoms with E-state index in [0.29, 0.717) is 13.1 Å². The summed E-state index contributed by atoms with van der Waals surface area (Å²) in [6, 6.07) is 13.9. The van der Waals surface area contributed by atoms with Crippen LogP contribution in [0.3, 0.4) is 0 Å². The van der Waals surface area contributed by atoms with E-state index in [0.717, 1.165) is 39.6 Å². The van der Waals surface area contributed by atoms with E-state index >= 15 is 0 Å². The number of piperidine rings is 1. The Balaban J connectivity index is 1.27. The molecule has 0 N–H and O–H groups in total. The summed E-state index contributed by atoms with van der Waals surface area (Å²) >= 11 is 1.59. The second kappa shape index (κ2) is 8.19. The van der Waals surface area contributed by atoms with Crippen LogP contribution in [-0.4, -0.2) is 41.6 Å². The van der Waals surface area contributed by atoms with Crippen molar-refractivity contribution in [2.45, 2.75) is 32.8 Å². The molecule has 0 spiro atoms. The minimum Gasteiger partial charge on any atom is -0.484 e. The van der Waals surface area contributed by atoms with E-state index in [1.54, 1.807) is 11.3 Å². The van der Waals surface area contributed by atoms with Crippen LogP contribution in [0.5, 0.6) is 10.9 Å². The van der Waals surface area contributed by atoms with Gasteiger partial charge >= 0.3 is 0 Å². The van der Waals surface area contributed by atoms with Crippen molar-refractivity contribution in [3.63, 3.8) is 0 Å². The first-order chi connectivity index (χ1) is 13.6. The molecule has 2 heterocycles. The molecule has 1 saturated heterocycles. The number of hydrogen-bond donors (Lipinski definition) is 0. The van der Waals surface area contributed by atoms with E-state index in [2.05, 4.69) is 24.0 Å². The first-order valence-corrected chi connectivity index (χ1v) is 10.4. The van der Waals surface area contributed by atoms with Crippen molar-refractivity contribution < 1.29 is 14.3 Å². The third-order valence-electron chi connectivity index (χ3n) is 5.05. The van der Waals surface area contributed by atoms with Crippen LogP contribution in [0.2, 0.25) is 0 Å². The van der Waals surface area contributed by atoms with Crippen molar-refractivity contribution in [2.24, 2.45) is 0 Å². The summed E-state index contributed by atoms with van der Waals surface area (Å²) in [6.07, 6.45) is 1.72. The summed E-state index contributed by atoms with van der Waals surface area (Å²) in [5.41, 5.74) is 3.35. The van der Waals surface area contributed by atoms with Crippen LogP contribution >= 0.6 is 11.3 Å². The van der Waals surface area contributed by atoms with Gasteiger partial charge in [0.1, 0.15) is 11.9 Å². The Kier molecular flexibility index (Phi) is 5.48. The van der Waals surface area contributed by atoms with E-state index in [1.807, 2.05) is 42.2 Å². The third-order valence-corrected chi connectivity index (χ3v) is 5.96. The smallest absolute Gasteiger partial charge is 0.274 e. The number of likely N-dealkylation sites (tertiary alicyclic amines) is 1. The number of rotatable bonds is 5. The van der Waals surface area contributed by atoms with Crippen molar-refractivity contribution in [1.29, 1.82) is 0 Å². The average Bonchev–Trinajstić information content (AvgIpc) is 3.12. The van der Waals surface area contributed by atoms with Gasteiger partial charge in [-0.05, 0) is 37.6 Å². The van der Waals surface area contributed by atoms with Crippen molar-refractivity contribution in [2.75, 3.05) is 19.7 Å².